The molecule has 0 N–H and O–H groups in total. The maximum atomic E-state index is 6.17. The lowest BCUT2D eigenvalue weighted by Crippen LogP contribution is -2.17. The fraction of sp³-hybridized carbons (Fsp3) is 0.125. The molecular weight excluding hydrogens is 444 g/mol. The molecule has 0 saturated carbocycles. The van der Waals surface area contributed by atoms with E-state index in [4.69, 9.17) is 18.8 Å². The number of rotatable bonds is 2. The molecule has 7 aromatic rings. The molecule has 3 heterocycles. The summed E-state index contributed by atoms with van der Waals surface area (Å²) in [6, 6.07) is 30.8. The second-order valence-corrected chi connectivity index (χ2v) is 10.3. The van der Waals surface area contributed by atoms with Crippen molar-refractivity contribution in [3.8, 4) is 22.5 Å². The van der Waals surface area contributed by atoms with Crippen LogP contribution in [0.25, 0.3) is 66.4 Å². The van der Waals surface area contributed by atoms with Crippen LogP contribution in [0.5, 0.6) is 0 Å². The molecule has 4 aromatic carbocycles. The molecule has 3 aromatic heterocycles. The molecule has 0 aliphatic heterocycles. The minimum Gasteiger partial charge on any atom is -0.456 e. The molecular formula is C32H24N2O2. The highest BCUT2D eigenvalue weighted by Gasteiger charge is 2.23. The van der Waals surface area contributed by atoms with Gasteiger partial charge in [-0.3, -0.25) is 0 Å². The molecule has 0 atom stereocenters. The van der Waals surface area contributed by atoms with Gasteiger partial charge in [-0.15, -0.1) is 0 Å². The highest BCUT2D eigenvalue weighted by atomic mass is 16.3. The average molecular weight is 469 g/mol. The quantitative estimate of drug-likeness (QED) is 0.254. The van der Waals surface area contributed by atoms with E-state index in [0.29, 0.717) is 0 Å². The van der Waals surface area contributed by atoms with Gasteiger partial charge in [-0.25, -0.2) is 9.97 Å². The summed E-state index contributed by atoms with van der Waals surface area (Å²) < 4.78 is 12.3. The molecule has 4 nitrogen and oxygen atoms in total. The predicted molar refractivity (Wildman–Crippen MR) is 146 cm³/mol. The Bertz CT molecular complexity index is 1800. The van der Waals surface area contributed by atoms with Crippen LogP contribution in [0.2, 0.25) is 0 Å². The van der Waals surface area contributed by atoms with Gasteiger partial charge in [0.25, 0.3) is 0 Å². The second kappa shape index (κ2) is 7.53. The van der Waals surface area contributed by atoms with Crippen molar-refractivity contribution in [2.45, 2.75) is 26.2 Å². The van der Waals surface area contributed by atoms with Gasteiger partial charge in [0.2, 0.25) is 0 Å². The van der Waals surface area contributed by atoms with Crippen LogP contribution in [0.1, 0.15) is 26.6 Å². The first-order valence-electron chi connectivity index (χ1n) is 12.2. The van der Waals surface area contributed by atoms with Crippen LogP contribution in [0, 0.1) is 0 Å². The van der Waals surface area contributed by atoms with Crippen LogP contribution >= 0.6 is 0 Å². The van der Waals surface area contributed by atoms with Crippen LogP contribution in [-0.4, -0.2) is 9.97 Å². The first-order chi connectivity index (χ1) is 17.5. The first kappa shape index (κ1) is 20.9. The molecule has 0 aliphatic rings. The summed E-state index contributed by atoms with van der Waals surface area (Å²) in [5, 5.41) is 4.32. The maximum absolute atomic E-state index is 6.17. The minimum atomic E-state index is -0.233. The van der Waals surface area contributed by atoms with Gasteiger partial charge in [0.1, 0.15) is 28.2 Å². The lowest BCUT2D eigenvalue weighted by Gasteiger charge is -2.19. The molecule has 0 fully saturated rings. The lowest BCUT2D eigenvalue weighted by atomic mass is 9.94. The Morgan fingerprint density at radius 3 is 1.44 bits per heavy atom. The highest BCUT2D eigenvalue weighted by Crippen LogP contribution is 2.40. The van der Waals surface area contributed by atoms with Crippen molar-refractivity contribution in [2.75, 3.05) is 0 Å². The molecule has 0 amide bonds. The van der Waals surface area contributed by atoms with E-state index in [9.17, 15) is 0 Å². The SMILES string of the molecule is CC(C)(C)c1nc(-c2cccc3oc4ccccc4c23)cc(-c2cccc3oc4ccccc4c23)n1. The summed E-state index contributed by atoms with van der Waals surface area (Å²) in [6.45, 7) is 6.45. The van der Waals surface area contributed by atoms with Gasteiger partial charge in [0.05, 0.1) is 11.4 Å². The number of benzene rings is 4. The summed E-state index contributed by atoms with van der Waals surface area (Å²) in [5.41, 5.74) is 7.07. The normalized spacial score (nSPS) is 12.3. The monoisotopic (exact) mass is 468 g/mol. The van der Waals surface area contributed by atoms with E-state index in [2.05, 4.69) is 51.1 Å². The Balaban J connectivity index is 1.56. The number of fused-ring (bicyclic) bond motifs is 6. The van der Waals surface area contributed by atoms with Crippen LogP contribution in [0.3, 0.4) is 0 Å². The van der Waals surface area contributed by atoms with Gasteiger partial charge in [-0.05, 0) is 30.3 Å². The number of nitrogens with zero attached hydrogens (tertiary/aromatic N) is 2. The topological polar surface area (TPSA) is 52.1 Å². The van der Waals surface area contributed by atoms with Crippen LogP contribution in [0.15, 0.2) is 99.8 Å². The van der Waals surface area contributed by atoms with Crippen LogP contribution in [-0.2, 0) is 5.41 Å². The smallest absolute Gasteiger partial charge is 0.136 e. The van der Waals surface area contributed by atoms with Crippen molar-refractivity contribution >= 4 is 43.9 Å². The Morgan fingerprint density at radius 2 is 0.972 bits per heavy atom. The lowest BCUT2D eigenvalue weighted by molar-refractivity contribution is 0.547. The summed E-state index contributed by atoms with van der Waals surface area (Å²) in [5.74, 6) is 0.796. The number of aromatic nitrogens is 2. The zero-order valence-corrected chi connectivity index (χ0v) is 20.4. The second-order valence-electron chi connectivity index (χ2n) is 10.3. The van der Waals surface area contributed by atoms with Gasteiger partial charge in [-0.1, -0.05) is 81.4 Å². The highest BCUT2D eigenvalue weighted by molar-refractivity contribution is 6.13. The van der Waals surface area contributed by atoms with Crippen molar-refractivity contribution in [2.24, 2.45) is 0 Å². The largest absolute Gasteiger partial charge is 0.456 e. The molecule has 0 bridgehead atoms. The van der Waals surface area contributed by atoms with Crippen molar-refractivity contribution < 1.29 is 8.83 Å². The van der Waals surface area contributed by atoms with E-state index in [1.165, 1.54) is 0 Å². The van der Waals surface area contributed by atoms with E-state index in [1.807, 2.05) is 60.7 Å². The van der Waals surface area contributed by atoms with Crippen molar-refractivity contribution in [1.82, 2.24) is 9.97 Å². The van der Waals surface area contributed by atoms with Gasteiger partial charge < -0.3 is 8.83 Å². The Morgan fingerprint density at radius 1 is 0.528 bits per heavy atom. The van der Waals surface area contributed by atoms with Gasteiger partial charge >= 0.3 is 0 Å². The molecule has 36 heavy (non-hydrogen) atoms. The zero-order valence-electron chi connectivity index (χ0n) is 20.4. The van der Waals surface area contributed by atoms with Crippen molar-refractivity contribution in [3.05, 3.63) is 96.8 Å². The van der Waals surface area contributed by atoms with E-state index in [-0.39, 0.29) is 5.41 Å². The number of furan rings is 2. The minimum absolute atomic E-state index is 0.233. The molecule has 0 spiro atoms. The van der Waals surface area contributed by atoms with Gasteiger partial charge in [-0.2, -0.15) is 0 Å². The Labute approximate surface area is 208 Å². The number of hydrogen-bond donors (Lipinski definition) is 0. The van der Waals surface area contributed by atoms with E-state index in [1.54, 1.807) is 0 Å². The fourth-order valence-electron chi connectivity index (χ4n) is 5.03. The Kier molecular flexibility index (Phi) is 4.37. The third kappa shape index (κ3) is 3.14. The molecule has 0 unspecified atom stereocenters. The molecule has 0 radical (unpaired) electrons. The molecule has 174 valence electrons. The number of para-hydroxylation sites is 2. The van der Waals surface area contributed by atoms with E-state index >= 15 is 0 Å². The summed E-state index contributed by atoms with van der Waals surface area (Å²) >= 11 is 0. The molecule has 4 heteroatoms. The maximum Gasteiger partial charge on any atom is 0.136 e. The molecule has 0 saturated heterocycles. The third-order valence-corrected chi connectivity index (χ3v) is 6.75. The van der Waals surface area contributed by atoms with Crippen molar-refractivity contribution in [1.29, 1.82) is 0 Å². The van der Waals surface area contributed by atoms with E-state index in [0.717, 1.165) is 72.2 Å². The van der Waals surface area contributed by atoms with Gasteiger partial charge in [0.15, 0.2) is 0 Å². The summed E-state index contributed by atoms with van der Waals surface area (Å²) in [6.07, 6.45) is 0. The van der Waals surface area contributed by atoms with Gasteiger partial charge in [0, 0.05) is 38.1 Å². The molecule has 7 rings (SSSR count). The third-order valence-electron chi connectivity index (χ3n) is 6.75. The average Bonchev–Trinajstić information content (AvgIpc) is 3.46. The summed E-state index contributed by atoms with van der Waals surface area (Å²) in [7, 11) is 0. The number of hydrogen-bond acceptors (Lipinski definition) is 4. The molecule has 0 aliphatic carbocycles. The van der Waals surface area contributed by atoms with Crippen LogP contribution in [0.4, 0.5) is 0 Å². The van der Waals surface area contributed by atoms with Crippen molar-refractivity contribution in [3.63, 3.8) is 0 Å². The van der Waals surface area contributed by atoms with E-state index < -0.39 is 0 Å². The Hall–Kier alpha value is -4.44. The summed E-state index contributed by atoms with van der Waals surface area (Å²) in [4.78, 5) is 10.2. The predicted octanol–water partition coefficient (Wildman–Crippen LogP) is 8.91. The standard InChI is InChI=1S/C32H24N2O2/c1-32(2,3)31-33-23(19-12-8-16-27-29(19)21-10-4-6-14-25(21)35-27)18-24(34-31)20-13-9-17-28-30(20)22-11-5-7-15-26(22)36-28/h4-18H,1-3H3. The van der Waals surface area contributed by atoms with Crippen LogP contribution < -0.4 is 0 Å². The fourth-order valence-corrected chi connectivity index (χ4v) is 5.03. The zero-order chi connectivity index (χ0) is 24.4. The first-order valence-corrected chi connectivity index (χ1v) is 12.2.